The van der Waals surface area contributed by atoms with E-state index >= 15 is 0 Å². The molecule has 0 aromatic carbocycles. The second-order valence-corrected chi connectivity index (χ2v) is 4.79. The third-order valence-corrected chi connectivity index (χ3v) is 3.85. The van der Waals surface area contributed by atoms with Gasteiger partial charge in [-0.15, -0.1) is 0 Å². The van der Waals surface area contributed by atoms with Crippen LogP contribution in [0.2, 0.25) is 0 Å². The number of pyridine rings is 1. The van der Waals surface area contributed by atoms with Gasteiger partial charge in [0.1, 0.15) is 5.82 Å². The molecule has 2 atom stereocenters. The molecule has 16 heavy (non-hydrogen) atoms. The standard InChI is InChI=1S/C12H18N4/c1-13-9-3-4-12(14-6-9)16-8-10-5-11(16)7-15(10)2/h3-4,6,10-11,13H,5,7-8H2,1-2H3. The summed E-state index contributed by atoms with van der Waals surface area (Å²) in [4.78, 5) is 9.43. The average Bonchev–Trinajstić information content (AvgIpc) is 2.88. The molecular formula is C12H18N4. The summed E-state index contributed by atoms with van der Waals surface area (Å²) in [6, 6.07) is 5.61. The van der Waals surface area contributed by atoms with Crippen molar-refractivity contribution in [2.45, 2.75) is 18.5 Å². The van der Waals surface area contributed by atoms with Gasteiger partial charge in [0.25, 0.3) is 0 Å². The summed E-state index contributed by atoms with van der Waals surface area (Å²) in [6.07, 6.45) is 3.21. The van der Waals surface area contributed by atoms with E-state index in [2.05, 4.69) is 39.3 Å². The Bertz CT molecular complexity index is 373. The summed E-state index contributed by atoms with van der Waals surface area (Å²) in [5, 5.41) is 3.10. The van der Waals surface area contributed by atoms with Crippen LogP contribution in [0.4, 0.5) is 11.5 Å². The van der Waals surface area contributed by atoms with Crippen molar-refractivity contribution in [3.8, 4) is 0 Å². The van der Waals surface area contributed by atoms with E-state index in [1.807, 2.05) is 13.2 Å². The third-order valence-electron chi connectivity index (χ3n) is 3.85. The largest absolute Gasteiger partial charge is 0.387 e. The molecular weight excluding hydrogens is 200 g/mol. The topological polar surface area (TPSA) is 31.4 Å². The van der Waals surface area contributed by atoms with Gasteiger partial charge >= 0.3 is 0 Å². The fraction of sp³-hybridized carbons (Fsp3) is 0.583. The van der Waals surface area contributed by atoms with Crippen LogP contribution in [0.1, 0.15) is 6.42 Å². The maximum absolute atomic E-state index is 4.52. The van der Waals surface area contributed by atoms with Gasteiger partial charge in [-0.1, -0.05) is 0 Å². The Morgan fingerprint density at radius 3 is 2.69 bits per heavy atom. The number of aromatic nitrogens is 1. The maximum atomic E-state index is 4.52. The highest BCUT2D eigenvalue weighted by Gasteiger charge is 2.41. The maximum Gasteiger partial charge on any atom is 0.128 e. The number of nitrogens with zero attached hydrogens (tertiary/aromatic N) is 3. The van der Waals surface area contributed by atoms with Gasteiger partial charge in [-0.05, 0) is 25.6 Å². The van der Waals surface area contributed by atoms with Gasteiger partial charge < -0.3 is 10.2 Å². The van der Waals surface area contributed by atoms with Gasteiger partial charge in [0.15, 0.2) is 0 Å². The molecule has 4 heteroatoms. The van der Waals surface area contributed by atoms with Gasteiger partial charge in [-0.2, -0.15) is 0 Å². The van der Waals surface area contributed by atoms with Crippen LogP contribution in [0, 0.1) is 0 Å². The lowest BCUT2D eigenvalue weighted by atomic mass is 10.2. The Kier molecular flexibility index (Phi) is 2.24. The van der Waals surface area contributed by atoms with E-state index in [1.54, 1.807) is 0 Å². The molecule has 2 fully saturated rings. The van der Waals surface area contributed by atoms with E-state index in [0.717, 1.165) is 24.1 Å². The van der Waals surface area contributed by atoms with Crippen molar-refractivity contribution in [3.63, 3.8) is 0 Å². The highest BCUT2D eigenvalue weighted by atomic mass is 15.4. The number of nitrogens with one attached hydrogen (secondary N) is 1. The molecule has 1 aromatic rings. The molecule has 0 amide bonds. The molecule has 1 N–H and O–H groups in total. The number of hydrogen-bond acceptors (Lipinski definition) is 4. The monoisotopic (exact) mass is 218 g/mol. The third kappa shape index (κ3) is 1.45. The second-order valence-electron chi connectivity index (χ2n) is 4.79. The van der Waals surface area contributed by atoms with Crippen LogP contribution >= 0.6 is 0 Å². The zero-order valence-electron chi connectivity index (χ0n) is 9.85. The van der Waals surface area contributed by atoms with Crippen molar-refractivity contribution in [3.05, 3.63) is 18.3 Å². The van der Waals surface area contributed by atoms with E-state index in [4.69, 9.17) is 0 Å². The predicted molar refractivity (Wildman–Crippen MR) is 66.0 cm³/mol. The summed E-state index contributed by atoms with van der Waals surface area (Å²) in [5.41, 5.74) is 1.07. The van der Waals surface area contributed by atoms with Crippen molar-refractivity contribution < 1.29 is 0 Å². The van der Waals surface area contributed by atoms with Crippen LogP contribution in [-0.4, -0.2) is 49.2 Å². The lowest BCUT2D eigenvalue weighted by Crippen LogP contribution is -2.44. The first-order valence-electron chi connectivity index (χ1n) is 5.88. The Balaban J connectivity index is 1.79. The van der Waals surface area contributed by atoms with E-state index in [-0.39, 0.29) is 0 Å². The van der Waals surface area contributed by atoms with Gasteiger partial charge in [0.2, 0.25) is 0 Å². The quantitative estimate of drug-likeness (QED) is 0.803. The number of hydrogen-bond donors (Lipinski definition) is 1. The first-order chi connectivity index (χ1) is 7.78. The summed E-state index contributed by atoms with van der Waals surface area (Å²) >= 11 is 0. The molecule has 86 valence electrons. The van der Waals surface area contributed by atoms with Crippen LogP contribution in [0.25, 0.3) is 0 Å². The van der Waals surface area contributed by atoms with Gasteiger partial charge in [-0.25, -0.2) is 4.98 Å². The Morgan fingerprint density at radius 1 is 1.31 bits per heavy atom. The number of rotatable bonds is 2. The second kappa shape index (κ2) is 3.63. The van der Waals surface area contributed by atoms with Crippen molar-refractivity contribution in [1.82, 2.24) is 9.88 Å². The van der Waals surface area contributed by atoms with Crippen LogP contribution in [-0.2, 0) is 0 Å². The predicted octanol–water partition coefficient (Wildman–Crippen LogP) is 1.02. The van der Waals surface area contributed by atoms with Crippen molar-refractivity contribution >= 4 is 11.5 Å². The highest BCUT2D eigenvalue weighted by molar-refractivity contribution is 5.50. The molecule has 0 spiro atoms. The summed E-state index contributed by atoms with van der Waals surface area (Å²) < 4.78 is 0. The van der Waals surface area contributed by atoms with Gasteiger partial charge in [0.05, 0.1) is 11.9 Å². The molecule has 3 rings (SSSR count). The van der Waals surface area contributed by atoms with Gasteiger partial charge in [0, 0.05) is 32.2 Å². The molecule has 2 aliphatic rings. The molecule has 1 aromatic heterocycles. The zero-order valence-corrected chi connectivity index (χ0v) is 9.85. The van der Waals surface area contributed by atoms with E-state index < -0.39 is 0 Å². The number of likely N-dealkylation sites (N-methyl/N-ethyl adjacent to an activating group) is 1. The van der Waals surface area contributed by atoms with Crippen molar-refractivity contribution in [2.24, 2.45) is 0 Å². The van der Waals surface area contributed by atoms with E-state index in [9.17, 15) is 0 Å². The minimum Gasteiger partial charge on any atom is -0.387 e. The van der Waals surface area contributed by atoms with Crippen LogP contribution in [0.3, 0.4) is 0 Å². The number of fused-ring (bicyclic) bond motifs is 2. The molecule has 0 saturated carbocycles. The lowest BCUT2D eigenvalue weighted by molar-refractivity contribution is 0.292. The minimum atomic E-state index is 0.669. The van der Waals surface area contributed by atoms with Gasteiger partial charge in [-0.3, -0.25) is 4.90 Å². The molecule has 2 bridgehead atoms. The zero-order chi connectivity index (χ0) is 11.1. The number of anilines is 2. The van der Waals surface area contributed by atoms with E-state index in [0.29, 0.717) is 6.04 Å². The Morgan fingerprint density at radius 2 is 2.19 bits per heavy atom. The molecule has 2 aliphatic heterocycles. The summed E-state index contributed by atoms with van der Waals surface area (Å²) in [5.74, 6) is 1.12. The first-order valence-corrected chi connectivity index (χ1v) is 5.88. The van der Waals surface area contributed by atoms with E-state index in [1.165, 1.54) is 13.0 Å². The molecule has 2 unspecified atom stereocenters. The molecule has 0 radical (unpaired) electrons. The summed E-state index contributed by atoms with van der Waals surface area (Å²) in [7, 11) is 4.14. The number of piperazine rings is 1. The normalized spacial score (nSPS) is 28.8. The van der Waals surface area contributed by atoms with Crippen LogP contribution in [0.15, 0.2) is 18.3 Å². The fourth-order valence-corrected chi connectivity index (χ4v) is 2.85. The smallest absolute Gasteiger partial charge is 0.128 e. The molecule has 0 aliphatic carbocycles. The van der Waals surface area contributed by atoms with Crippen molar-refractivity contribution in [2.75, 3.05) is 37.4 Å². The van der Waals surface area contributed by atoms with Crippen LogP contribution in [0.5, 0.6) is 0 Å². The fourth-order valence-electron chi connectivity index (χ4n) is 2.85. The number of likely N-dealkylation sites (tertiary alicyclic amines) is 1. The molecule has 4 nitrogen and oxygen atoms in total. The molecule has 3 heterocycles. The lowest BCUT2D eigenvalue weighted by Gasteiger charge is -2.32. The van der Waals surface area contributed by atoms with Crippen LogP contribution < -0.4 is 10.2 Å². The minimum absolute atomic E-state index is 0.669. The van der Waals surface area contributed by atoms with Crippen molar-refractivity contribution in [1.29, 1.82) is 0 Å². The Hall–Kier alpha value is -1.29. The highest BCUT2D eigenvalue weighted by Crippen LogP contribution is 2.32. The molecule has 2 saturated heterocycles. The summed E-state index contributed by atoms with van der Waals surface area (Å²) in [6.45, 7) is 2.31. The first kappa shape index (κ1) is 9.90. The Labute approximate surface area is 96.3 Å². The average molecular weight is 218 g/mol. The SMILES string of the molecule is CNc1ccc(N2CC3CC2CN3C)nc1.